The third-order valence-electron chi connectivity index (χ3n) is 5.46. The number of benzene rings is 2. The molecule has 32 heavy (non-hydrogen) atoms. The fraction of sp³-hybridized carbons (Fsp3) is 0.160. The summed E-state index contributed by atoms with van der Waals surface area (Å²) in [4.78, 5) is 27.9. The van der Waals surface area contributed by atoms with Gasteiger partial charge in [0.05, 0.1) is 17.0 Å². The van der Waals surface area contributed by atoms with Gasteiger partial charge in [-0.15, -0.1) is 11.3 Å². The summed E-state index contributed by atoms with van der Waals surface area (Å²) < 4.78 is 1.81. The number of thiophene rings is 1. The predicted molar refractivity (Wildman–Crippen MR) is 127 cm³/mol. The highest BCUT2D eigenvalue weighted by Gasteiger charge is 2.22. The van der Waals surface area contributed by atoms with Gasteiger partial charge in [-0.3, -0.25) is 14.3 Å². The van der Waals surface area contributed by atoms with E-state index >= 15 is 0 Å². The van der Waals surface area contributed by atoms with Crippen LogP contribution in [0.4, 0.5) is 11.4 Å². The lowest BCUT2D eigenvalue weighted by molar-refractivity contribution is -0.117. The molecule has 0 atom stereocenters. The number of carbonyl (C=O) groups is 2. The van der Waals surface area contributed by atoms with Crippen molar-refractivity contribution >= 4 is 34.5 Å². The van der Waals surface area contributed by atoms with Crippen molar-refractivity contribution in [3.05, 3.63) is 89.4 Å². The molecule has 0 spiro atoms. The standard InChI is InChI=1S/C25H22N4O2S/c30-23-9-4-14-29(23)20-12-10-19(11-13-20)26-25(31)21-17-28(16-18-6-2-1-3-7-18)27-24(21)22-8-5-15-32-22/h1-3,5-8,10-13,15,17H,4,9,14,16H2,(H,26,31). The molecule has 0 bridgehead atoms. The summed E-state index contributed by atoms with van der Waals surface area (Å²) in [6.45, 7) is 1.33. The van der Waals surface area contributed by atoms with Gasteiger partial charge in [-0.05, 0) is 47.7 Å². The predicted octanol–water partition coefficient (Wildman–Crippen LogP) is 5.04. The molecule has 0 unspecified atom stereocenters. The molecule has 6 nitrogen and oxygen atoms in total. The average molecular weight is 443 g/mol. The Bertz CT molecular complexity index is 1230. The monoisotopic (exact) mass is 442 g/mol. The summed E-state index contributed by atoms with van der Waals surface area (Å²) in [5.41, 5.74) is 3.86. The molecule has 2 aromatic carbocycles. The first kappa shape index (κ1) is 20.2. The Kier molecular flexibility index (Phi) is 5.56. The smallest absolute Gasteiger partial charge is 0.259 e. The number of aromatic nitrogens is 2. The summed E-state index contributed by atoms with van der Waals surface area (Å²) in [5, 5.41) is 9.66. The summed E-state index contributed by atoms with van der Waals surface area (Å²) in [6, 6.07) is 21.4. The van der Waals surface area contributed by atoms with E-state index in [4.69, 9.17) is 5.10 Å². The number of amides is 2. The minimum Gasteiger partial charge on any atom is -0.322 e. The SMILES string of the molecule is O=C(Nc1ccc(N2CCCC2=O)cc1)c1cn(Cc2ccccc2)nc1-c1cccs1. The number of hydrogen-bond acceptors (Lipinski definition) is 4. The minimum atomic E-state index is -0.210. The molecule has 0 aliphatic carbocycles. The van der Waals surface area contributed by atoms with Crippen LogP contribution in [0.3, 0.4) is 0 Å². The van der Waals surface area contributed by atoms with Gasteiger partial charge < -0.3 is 10.2 Å². The molecule has 1 saturated heterocycles. The van der Waals surface area contributed by atoms with E-state index in [-0.39, 0.29) is 11.8 Å². The van der Waals surface area contributed by atoms with Crippen LogP contribution >= 0.6 is 11.3 Å². The number of carbonyl (C=O) groups excluding carboxylic acids is 2. The van der Waals surface area contributed by atoms with Gasteiger partial charge in [-0.25, -0.2) is 0 Å². The van der Waals surface area contributed by atoms with Crippen molar-refractivity contribution in [2.75, 3.05) is 16.8 Å². The summed E-state index contributed by atoms with van der Waals surface area (Å²) in [7, 11) is 0. The zero-order chi connectivity index (χ0) is 21.9. The summed E-state index contributed by atoms with van der Waals surface area (Å²) in [5.74, 6) is -0.0640. The van der Waals surface area contributed by atoms with Crippen molar-refractivity contribution in [1.29, 1.82) is 0 Å². The van der Waals surface area contributed by atoms with Gasteiger partial charge in [0, 0.05) is 30.5 Å². The largest absolute Gasteiger partial charge is 0.322 e. The van der Waals surface area contributed by atoms with Crippen LogP contribution in [0.5, 0.6) is 0 Å². The molecule has 1 aliphatic heterocycles. The van der Waals surface area contributed by atoms with Crippen LogP contribution in [0.25, 0.3) is 10.6 Å². The van der Waals surface area contributed by atoms with Crippen LogP contribution in [0.2, 0.25) is 0 Å². The van der Waals surface area contributed by atoms with Crippen molar-refractivity contribution in [2.45, 2.75) is 19.4 Å². The fourth-order valence-corrected chi connectivity index (χ4v) is 4.60. The van der Waals surface area contributed by atoms with Crippen LogP contribution in [0.15, 0.2) is 78.3 Å². The second-order valence-electron chi connectivity index (χ2n) is 7.70. The molecule has 3 heterocycles. The van der Waals surface area contributed by atoms with Gasteiger partial charge in [-0.2, -0.15) is 5.10 Å². The first-order valence-electron chi connectivity index (χ1n) is 10.5. The van der Waals surface area contributed by atoms with E-state index in [1.165, 1.54) is 0 Å². The number of anilines is 2. The molecule has 1 fully saturated rings. The summed E-state index contributed by atoms with van der Waals surface area (Å²) in [6.07, 6.45) is 3.28. The van der Waals surface area contributed by atoms with E-state index in [0.717, 1.165) is 29.1 Å². The van der Waals surface area contributed by atoms with Crippen molar-refractivity contribution < 1.29 is 9.59 Å². The molecule has 0 saturated carbocycles. The molecule has 2 amide bonds. The number of hydrogen-bond donors (Lipinski definition) is 1. The molecular weight excluding hydrogens is 420 g/mol. The Morgan fingerprint density at radius 3 is 2.53 bits per heavy atom. The first-order valence-corrected chi connectivity index (χ1v) is 11.4. The van der Waals surface area contributed by atoms with E-state index in [0.29, 0.717) is 29.9 Å². The Morgan fingerprint density at radius 2 is 1.84 bits per heavy atom. The molecule has 1 N–H and O–H groups in total. The number of nitrogens with one attached hydrogen (secondary N) is 1. The fourth-order valence-electron chi connectivity index (χ4n) is 3.88. The number of rotatable bonds is 6. The number of nitrogens with zero attached hydrogens (tertiary/aromatic N) is 3. The van der Waals surface area contributed by atoms with Gasteiger partial charge in [0.2, 0.25) is 5.91 Å². The zero-order valence-corrected chi connectivity index (χ0v) is 18.2. The van der Waals surface area contributed by atoms with E-state index in [2.05, 4.69) is 5.32 Å². The lowest BCUT2D eigenvalue weighted by Gasteiger charge is -2.16. The van der Waals surface area contributed by atoms with Gasteiger partial charge in [-0.1, -0.05) is 36.4 Å². The maximum absolute atomic E-state index is 13.2. The van der Waals surface area contributed by atoms with Crippen LogP contribution in [-0.2, 0) is 11.3 Å². The highest BCUT2D eigenvalue weighted by Crippen LogP contribution is 2.28. The second-order valence-corrected chi connectivity index (χ2v) is 8.65. The molecule has 7 heteroatoms. The normalized spacial score (nSPS) is 13.5. The van der Waals surface area contributed by atoms with Crippen LogP contribution in [-0.4, -0.2) is 28.1 Å². The van der Waals surface area contributed by atoms with E-state index in [1.54, 1.807) is 27.1 Å². The molecule has 0 radical (unpaired) electrons. The molecule has 5 rings (SSSR count). The Labute approximate surface area is 190 Å². The van der Waals surface area contributed by atoms with Crippen molar-refractivity contribution in [3.8, 4) is 10.6 Å². The Hall–Kier alpha value is -3.71. The highest BCUT2D eigenvalue weighted by molar-refractivity contribution is 7.13. The van der Waals surface area contributed by atoms with Gasteiger partial charge in [0.1, 0.15) is 5.69 Å². The first-order chi connectivity index (χ1) is 15.7. The van der Waals surface area contributed by atoms with Crippen molar-refractivity contribution in [2.24, 2.45) is 0 Å². The van der Waals surface area contributed by atoms with E-state index < -0.39 is 0 Å². The second kappa shape index (κ2) is 8.80. The lowest BCUT2D eigenvalue weighted by atomic mass is 10.2. The van der Waals surface area contributed by atoms with Crippen molar-refractivity contribution in [3.63, 3.8) is 0 Å². The molecule has 160 valence electrons. The Balaban J connectivity index is 1.38. The van der Waals surface area contributed by atoms with Gasteiger partial charge >= 0.3 is 0 Å². The van der Waals surface area contributed by atoms with Gasteiger partial charge in [0.25, 0.3) is 5.91 Å². The topological polar surface area (TPSA) is 67.2 Å². The molecular formula is C25H22N4O2S. The van der Waals surface area contributed by atoms with Gasteiger partial charge in [0.15, 0.2) is 0 Å². The average Bonchev–Trinajstić information content (AvgIpc) is 3.56. The Morgan fingerprint density at radius 1 is 1.03 bits per heavy atom. The zero-order valence-electron chi connectivity index (χ0n) is 17.4. The summed E-state index contributed by atoms with van der Waals surface area (Å²) >= 11 is 1.56. The molecule has 1 aliphatic rings. The van der Waals surface area contributed by atoms with E-state index in [1.807, 2.05) is 72.1 Å². The van der Waals surface area contributed by atoms with Crippen LogP contribution < -0.4 is 10.2 Å². The van der Waals surface area contributed by atoms with Crippen LogP contribution in [0.1, 0.15) is 28.8 Å². The van der Waals surface area contributed by atoms with E-state index in [9.17, 15) is 9.59 Å². The van der Waals surface area contributed by atoms with Crippen LogP contribution in [0, 0.1) is 0 Å². The quantitative estimate of drug-likeness (QED) is 0.455. The van der Waals surface area contributed by atoms with Crippen molar-refractivity contribution in [1.82, 2.24) is 9.78 Å². The molecule has 2 aromatic heterocycles. The minimum absolute atomic E-state index is 0.146. The molecule has 4 aromatic rings. The highest BCUT2D eigenvalue weighted by atomic mass is 32.1. The third kappa shape index (κ3) is 4.20. The lowest BCUT2D eigenvalue weighted by Crippen LogP contribution is -2.23. The maximum atomic E-state index is 13.2. The maximum Gasteiger partial charge on any atom is 0.259 e. The third-order valence-corrected chi connectivity index (χ3v) is 6.34.